The Morgan fingerprint density at radius 2 is 2.50 bits per heavy atom. The number of rotatable bonds is 3. The lowest BCUT2D eigenvalue weighted by atomic mass is 10.4. The Bertz CT molecular complexity index is 101. The van der Waals surface area contributed by atoms with E-state index in [-0.39, 0.29) is 0 Å². The summed E-state index contributed by atoms with van der Waals surface area (Å²) in [5.41, 5.74) is 0. The van der Waals surface area contributed by atoms with Crippen molar-refractivity contribution < 1.29 is 14.3 Å². The molecule has 0 aromatic carbocycles. The average Bonchev–Trinajstić information content (AvgIpc) is 1.69. The summed E-state index contributed by atoms with van der Waals surface area (Å²) in [6.07, 6.45) is 0.455. The molecule has 0 fully saturated rings. The molecule has 0 saturated heterocycles. The molecule has 0 aromatic rings. The number of carbonyl (C=O) groups is 1. The van der Waals surface area contributed by atoms with Gasteiger partial charge in [0, 0.05) is 0 Å². The highest BCUT2D eigenvalue weighted by molar-refractivity contribution is 5.99. The fraction of sp³-hybridized carbons (Fsp3) is 0.250. The Kier molecular flexibility index (Phi) is 3.14. The highest BCUT2D eigenvalue weighted by atomic mass is 28.2. The summed E-state index contributed by atoms with van der Waals surface area (Å²) in [5, 5.41) is 8.20. The summed E-state index contributed by atoms with van der Waals surface area (Å²) in [5.74, 6) is -0.977. The molecule has 46 valence electrons. The number of hydrogen-bond donors (Lipinski definition) is 1. The van der Waals surface area contributed by atoms with Gasteiger partial charge in [0.25, 0.3) is 0 Å². The fourth-order valence-electron chi connectivity index (χ4n) is 0.298. The normalized spacial score (nSPS) is 13.0. The first-order valence-electron chi connectivity index (χ1n) is 2.10. The first-order chi connectivity index (χ1) is 3.72. The summed E-state index contributed by atoms with van der Waals surface area (Å²) >= 11 is 0. The van der Waals surface area contributed by atoms with E-state index in [0.717, 1.165) is 0 Å². The zero-order valence-corrected chi connectivity index (χ0v) is 6.63. The molecule has 0 saturated carbocycles. The van der Waals surface area contributed by atoms with Gasteiger partial charge in [0.05, 0.1) is 0 Å². The maximum absolute atomic E-state index is 9.99. The lowest BCUT2D eigenvalue weighted by Gasteiger charge is -2.01. The minimum Gasteiger partial charge on any atom is -0.479 e. The molecule has 1 unspecified atom stereocenters. The van der Waals surface area contributed by atoms with Gasteiger partial charge in [-0.2, -0.15) is 0 Å². The molecule has 0 aromatic heterocycles. The van der Waals surface area contributed by atoms with Crippen molar-refractivity contribution in [2.75, 3.05) is 0 Å². The molecule has 1 atom stereocenters. The van der Waals surface area contributed by atoms with Gasteiger partial charge >= 0.3 is 5.97 Å². The third kappa shape index (κ3) is 1.90. The molecular weight excluding hydrogens is 124 g/mol. The molecule has 8 heavy (non-hydrogen) atoms. The van der Waals surface area contributed by atoms with Crippen molar-refractivity contribution in [2.24, 2.45) is 0 Å². The van der Waals surface area contributed by atoms with Gasteiger partial charge in [-0.05, 0) is 0 Å². The van der Waals surface area contributed by atoms with Gasteiger partial charge < -0.3 is 9.53 Å². The number of aliphatic carboxylic acids is 1. The first kappa shape index (κ1) is 7.39. The van der Waals surface area contributed by atoms with E-state index in [1.807, 2.05) is 0 Å². The summed E-state index contributed by atoms with van der Waals surface area (Å²) < 4.78 is 4.58. The molecule has 0 aliphatic heterocycles. The largest absolute Gasteiger partial charge is 0.479 e. The predicted molar refractivity (Wildman–Crippen MR) is 32.6 cm³/mol. The third-order valence-electron chi connectivity index (χ3n) is 0.711. The second-order valence-electron chi connectivity index (χ2n) is 1.23. The average molecular weight is 132 g/mol. The van der Waals surface area contributed by atoms with Crippen LogP contribution in [0.1, 0.15) is 0 Å². The second-order valence-corrected chi connectivity index (χ2v) is 1.70. The monoisotopic (exact) mass is 132 g/mol. The SMILES string of the molecule is C=CC(O[SiH3])C(=O)O. The minimum atomic E-state index is -0.977. The smallest absolute Gasteiger partial charge is 0.335 e. The van der Waals surface area contributed by atoms with E-state index >= 15 is 0 Å². The van der Waals surface area contributed by atoms with Crippen LogP contribution in [0.2, 0.25) is 0 Å². The van der Waals surface area contributed by atoms with Gasteiger partial charge in [0.1, 0.15) is 10.5 Å². The van der Waals surface area contributed by atoms with Gasteiger partial charge in [-0.3, -0.25) is 0 Å². The van der Waals surface area contributed by atoms with E-state index in [1.54, 1.807) is 0 Å². The van der Waals surface area contributed by atoms with Crippen molar-refractivity contribution in [3.63, 3.8) is 0 Å². The van der Waals surface area contributed by atoms with E-state index < -0.39 is 12.1 Å². The number of carboxylic acids is 1. The van der Waals surface area contributed by atoms with Gasteiger partial charge in [-0.15, -0.1) is 0 Å². The zero-order valence-electron chi connectivity index (χ0n) is 4.63. The van der Waals surface area contributed by atoms with Crippen LogP contribution in [-0.2, 0) is 9.22 Å². The Hall–Kier alpha value is -0.613. The molecule has 0 rings (SSSR count). The van der Waals surface area contributed by atoms with Crippen molar-refractivity contribution >= 4 is 16.5 Å². The Morgan fingerprint density at radius 1 is 2.00 bits per heavy atom. The maximum atomic E-state index is 9.99. The van der Waals surface area contributed by atoms with Crippen LogP contribution < -0.4 is 0 Å². The summed E-state index contributed by atoms with van der Waals surface area (Å²) in [7, 11) is 0.428. The topological polar surface area (TPSA) is 46.5 Å². The molecule has 1 N–H and O–H groups in total. The summed E-state index contributed by atoms with van der Waals surface area (Å²) in [6.45, 7) is 3.27. The van der Waals surface area contributed by atoms with E-state index in [9.17, 15) is 4.79 Å². The molecule has 0 aliphatic rings. The second kappa shape index (κ2) is 3.40. The number of hydrogen-bond acceptors (Lipinski definition) is 2. The van der Waals surface area contributed by atoms with Gasteiger partial charge in [-0.1, -0.05) is 12.7 Å². The molecule has 0 aliphatic carbocycles. The van der Waals surface area contributed by atoms with Gasteiger partial charge in [0.15, 0.2) is 6.10 Å². The quantitative estimate of drug-likeness (QED) is 0.392. The molecule has 0 radical (unpaired) electrons. The van der Waals surface area contributed by atoms with Crippen molar-refractivity contribution in [1.29, 1.82) is 0 Å². The first-order valence-corrected chi connectivity index (χ1v) is 2.92. The highest BCUT2D eigenvalue weighted by Gasteiger charge is 2.08. The van der Waals surface area contributed by atoms with Crippen LogP contribution in [0.4, 0.5) is 0 Å². The maximum Gasteiger partial charge on any atom is 0.335 e. The van der Waals surface area contributed by atoms with E-state index in [1.165, 1.54) is 6.08 Å². The van der Waals surface area contributed by atoms with Crippen LogP contribution in [0.25, 0.3) is 0 Å². The lowest BCUT2D eigenvalue weighted by molar-refractivity contribution is -0.142. The summed E-state index contributed by atoms with van der Waals surface area (Å²) in [6, 6.07) is 0. The van der Waals surface area contributed by atoms with Crippen molar-refractivity contribution in [3.8, 4) is 0 Å². The molecular formula is C4H8O3Si. The molecule has 4 heteroatoms. The lowest BCUT2D eigenvalue weighted by Crippen LogP contribution is -2.19. The molecule has 0 amide bonds. The Morgan fingerprint density at radius 3 is 2.50 bits per heavy atom. The predicted octanol–water partition coefficient (Wildman–Crippen LogP) is -1.08. The van der Waals surface area contributed by atoms with Crippen LogP contribution in [0.5, 0.6) is 0 Å². The van der Waals surface area contributed by atoms with Crippen LogP contribution >= 0.6 is 0 Å². The van der Waals surface area contributed by atoms with E-state index in [2.05, 4.69) is 11.0 Å². The van der Waals surface area contributed by atoms with Crippen LogP contribution in [0.3, 0.4) is 0 Å². The van der Waals surface area contributed by atoms with Gasteiger partial charge in [0.2, 0.25) is 0 Å². The van der Waals surface area contributed by atoms with Crippen molar-refractivity contribution in [3.05, 3.63) is 12.7 Å². The Balaban J connectivity index is 3.69. The van der Waals surface area contributed by atoms with E-state index in [4.69, 9.17) is 5.11 Å². The van der Waals surface area contributed by atoms with Gasteiger partial charge in [-0.25, -0.2) is 4.79 Å². The van der Waals surface area contributed by atoms with E-state index in [0.29, 0.717) is 10.5 Å². The van der Waals surface area contributed by atoms with Crippen LogP contribution in [0, 0.1) is 0 Å². The molecule has 3 nitrogen and oxygen atoms in total. The minimum absolute atomic E-state index is 0.428. The standard InChI is InChI=1S/C4H8O3Si/c1-2-3(7-8)4(5)6/h2-3H,1H2,8H3,(H,5,6). The summed E-state index contributed by atoms with van der Waals surface area (Å²) in [4.78, 5) is 9.99. The molecule has 0 bridgehead atoms. The third-order valence-corrected chi connectivity index (χ3v) is 1.22. The zero-order chi connectivity index (χ0) is 6.57. The highest BCUT2D eigenvalue weighted by Crippen LogP contribution is 1.87. The van der Waals surface area contributed by atoms with Crippen LogP contribution in [-0.4, -0.2) is 27.7 Å². The Labute approximate surface area is 50.5 Å². The van der Waals surface area contributed by atoms with Crippen molar-refractivity contribution in [2.45, 2.75) is 6.10 Å². The molecule has 0 heterocycles. The molecule has 0 spiro atoms. The number of carboxylic acid groups (broad SMARTS) is 1. The fourth-order valence-corrected chi connectivity index (χ4v) is 0.692. The van der Waals surface area contributed by atoms with Crippen LogP contribution in [0.15, 0.2) is 12.7 Å². The van der Waals surface area contributed by atoms with Crippen molar-refractivity contribution in [1.82, 2.24) is 0 Å².